The molecule has 0 aliphatic rings. The molecule has 0 aromatic carbocycles. The molecule has 1 amide bonds. The highest BCUT2D eigenvalue weighted by atomic mass is 16.2. The molecule has 1 heterocycles. The summed E-state index contributed by atoms with van der Waals surface area (Å²) in [5, 5.41) is 0. The van der Waals surface area contributed by atoms with Gasteiger partial charge < -0.3 is 15.6 Å². The van der Waals surface area contributed by atoms with Crippen molar-refractivity contribution in [1.82, 2.24) is 14.9 Å². The number of rotatable bonds is 5. The number of amides is 1. The van der Waals surface area contributed by atoms with Gasteiger partial charge in [-0.05, 0) is 6.42 Å². The molecule has 0 radical (unpaired) electrons. The maximum atomic E-state index is 11.6. The second kappa shape index (κ2) is 5.50. The molecule has 1 atom stereocenters. The zero-order valence-electron chi connectivity index (χ0n) is 9.23. The molecule has 5 heteroatoms. The van der Waals surface area contributed by atoms with E-state index in [1.807, 2.05) is 6.92 Å². The lowest BCUT2D eigenvalue weighted by molar-refractivity contribution is -0.130. The zero-order chi connectivity index (χ0) is 11.3. The van der Waals surface area contributed by atoms with Gasteiger partial charge in [0.05, 0.1) is 6.54 Å². The SMILES string of the molecule is CCC(N)CC(=O)N(C)Cc1ncc[nH]1. The molecule has 0 spiro atoms. The average Bonchev–Trinajstić information content (AvgIpc) is 2.70. The topological polar surface area (TPSA) is 75.0 Å². The van der Waals surface area contributed by atoms with Crippen molar-refractivity contribution < 1.29 is 4.79 Å². The van der Waals surface area contributed by atoms with Crippen LogP contribution >= 0.6 is 0 Å². The molecule has 1 aromatic heterocycles. The Morgan fingerprint density at radius 3 is 3.00 bits per heavy atom. The van der Waals surface area contributed by atoms with E-state index in [0.717, 1.165) is 12.2 Å². The van der Waals surface area contributed by atoms with Crippen molar-refractivity contribution in [3.63, 3.8) is 0 Å². The van der Waals surface area contributed by atoms with Crippen molar-refractivity contribution >= 4 is 5.91 Å². The number of H-pyrrole nitrogens is 1. The van der Waals surface area contributed by atoms with E-state index in [-0.39, 0.29) is 11.9 Å². The average molecular weight is 210 g/mol. The lowest BCUT2D eigenvalue weighted by Gasteiger charge is -2.17. The summed E-state index contributed by atoms with van der Waals surface area (Å²) in [7, 11) is 1.76. The lowest BCUT2D eigenvalue weighted by atomic mass is 10.1. The molecule has 5 nitrogen and oxygen atoms in total. The van der Waals surface area contributed by atoms with Gasteiger partial charge in [0.15, 0.2) is 0 Å². The number of hydrogen-bond donors (Lipinski definition) is 2. The minimum absolute atomic E-state index is 0.0449. The molecule has 1 unspecified atom stereocenters. The van der Waals surface area contributed by atoms with Crippen molar-refractivity contribution in [2.75, 3.05) is 7.05 Å². The second-order valence-electron chi connectivity index (χ2n) is 3.66. The van der Waals surface area contributed by atoms with Crippen LogP contribution in [0.5, 0.6) is 0 Å². The highest BCUT2D eigenvalue weighted by Gasteiger charge is 2.13. The van der Waals surface area contributed by atoms with E-state index in [9.17, 15) is 4.79 Å². The Bertz CT molecular complexity index is 296. The Labute approximate surface area is 89.7 Å². The fraction of sp³-hybridized carbons (Fsp3) is 0.600. The number of carbonyl (C=O) groups is 1. The van der Waals surface area contributed by atoms with Gasteiger partial charge in [0.2, 0.25) is 5.91 Å². The first-order valence-corrected chi connectivity index (χ1v) is 5.11. The Morgan fingerprint density at radius 1 is 1.73 bits per heavy atom. The highest BCUT2D eigenvalue weighted by Crippen LogP contribution is 2.01. The summed E-state index contributed by atoms with van der Waals surface area (Å²) in [6.07, 6.45) is 4.63. The van der Waals surface area contributed by atoms with Crippen molar-refractivity contribution in [2.24, 2.45) is 5.73 Å². The molecule has 15 heavy (non-hydrogen) atoms. The van der Waals surface area contributed by atoms with E-state index >= 15 is 0 Å². The van der Waals surface area contributed by atoms with Gasteiger partial charge in [-0.15, -0.1) is 0 Å². The molecule has 84 valence electrons. The Morgan fingerprint density at radius 2 is 2.47 bits per heavy atom. The maximum Gasteiger partial charge on any atom is 0.224 e. The Balaban J connectivity index is 2.40. The largest absolute Gasteiger partial charge is 0.347 e. The zero-order valence-corrected chi connectivity index (χ0v) is 9.23. The van der Waals surface area contributed by atoms with Crippen LogP contribution in [-0.2, 0) is 11.3 Å². The third-order valence-electron chi connectivity index (χ3n) is 2.33. The summed E-state index contributed by atoms with van der Waals surface area (Å²) < 4.78 is 0. The van der Waals surface area contributed by atoms with Crippen LogP contribution in [0.1, 0.15) is 25.6 Å². The van der Waals surface area contributed by atoms with Crippen LogP contribution in [0.25, 0.3) is 0 Å². The number of nitrogens with one attached hydrogen (secondary N) is 1. The smallest absolute Gasteiger partial charge is 0.224 e. The van der Waals surface area contributed by atoms with Crippen LogP contribution in [0.2, 0.25) is 0 Å². The first-order valence-electron chi connectivity index (χ1n) is 5.11. The van der Waals surface area contributed by atoms with E-state index in [1.165, 1.54) is 0 Å². The van der Waals surface area contributed by atoms with Crippen LogP contribution in [0.15, 0.2) is 12.4 Å². The molecule has 0 aliphatic heterocycles. The maximum absolute atomic E-state index is 11.6. The molecule has 0 saturated heterocycles. The summed E-state index contributed by atoms with van der Waals surface area (Å²) in [6.45, 7) is 2.48. The predicted octanol–water partition coefficient (Wildman–Crippen LogP) is 0.495. The highest BCUT2D eigenvalue weighted by molar-refractivity contribution is 5.76. The van der Waals surface area contributed by atoms with Gasteiger partial charge in [-0.2, -0.15) is 0 Å². The second-order valence-corrected chi connectivity index (χ2v) is 3.66. The summed E-state index contributed by atoms with van der Waals surface area (Å²) in [6, 6.07) is -0.0449. The molecule has 0 aliphatic carbocycles. The minimum Gasteiger partial charge on any atom is -0.347 e. The number of nitrogens with zero attached hydrogens (tertiary/aromatic N) is 2. The van der Waals surface area contributed by atoms with Crippen molar-refractivity contribution in [1.29, 1.82) is 0 Å². The van der Waals surface area contributed by atoms with E-state index < -0.39 is 0 Å². The number of imidazole rings is 1. The van der Waals surface area contributed by atoms with Crippen LogP contribution < -0.4 is 5.73 Å². The summed E-state index contributed by atoms with van der Waals surface area (Å²) >= 11 is 0. The van der Waals surface area contributed by atoms with Gasteiger partial charge in [-0.1, -0.05) is 6.92 Å². The molecule has 0 bridgehead atoms. The number of aromatic amines is 1. The number of carbonyl (C=O) groups excluding carboxylic acids is 1. The molecular formula is C10H18N4O. The number of nitrogens with two attached hydrogens (primary N) is 1. The Kier molecular flexibility index (Phi) is 4.30. The standard InChI is InChI=1S/C10H18N4O/c1-3-8(11)6-10(15)14(2)7-9-12-4-5-13-9/h4-5,8H,3,6-7,11H2,1-2H3,(H,12,13). The molecule has 1 aromatic rings. The van der Waals surface area contributed by atoms with Gasteiger partial charge in [-0.3, -0.25) is 4.79 Å². The molecule has 0 fully saturated rings. The van der Waals surface area contributed by atoms with E-state index in [4.69, 9.17) is 5.73 Å². The summed E-state index contributed by atoms with van der Waals surface area (Å²) in [5.41, 5.74) is 5.71. The van der Waals surface area contributed by atoms with Crippen LogP contribution in [0.3, 0.4) is 0 Å². The summed E-state index contributed by atoms with van der Waals surface area (Å²) in [4.78, 5) is 20.3. The predicted molar refractivity (Wildman–Crippen MR) is 57.9 cm³/mol. The quantitative estimate of drug-likeness (QED) is 0.743. The monoisotopic (exact) mass is 210 g/mol. The van der Waals surface area contributed by atoms with E-state index in [1.54, 1.807) is 24.3 Å². The third-order valence-corrected chi connectivity index (χ3v) is 2.33. The normalized spacial score (nSPS) is 12.5. The van der Waals surface area contributed by atoms with E-state index in [2.05, 4.69) is 9.97 Å². The third kappa shape index (κ3) is 3.71. The van der Waals surface area contributed by atoms with Gasteiger partial charge in [0.1, 0.15) is 5.82 Å². The van der Waals surface area contributed by atoms with Crippen molar-refractivity contribution in [2.45, 2.75) is 32.4 Å². The molecular weight excluding hydrogens is 192 g/mol. The van der Waals surface area contributed by atoms with Gasteiger partial charge in [0, 0.05) is 31.9 Å². The molecule has 1 rings (SSSR count). The minimum atomic E-state index is -0.0449. The lowest BCUT2D eigenvalue weighted by Crippen LogP contribution is -2.32. The fourth-order valence-corrected chi connectivity index (χ4v) is 1.22. The van der Waals surface area contributed by atoms with Crippen LogP contribution in [-0.4, -0.2) is 33.9 Å². The number of hydrogen-bond acceptors (Lipinski definition) is 3. The van der Waals surface area contributed by atoms with Gasteiger partial charge in [-0.25, -0.2) is 4.98 Å². The first-order chi connectivity index (χ1) is 7.13. The van der Waals surface area contributed by atoms with Crippen LogP contribution in [0.4, 0.5) is 0 Å². The Hall–Kier alpha value is -1.36. The van der Waals surface area contributed by atoms with Crippen molar-refractivity contribution in [3.8, 4) is 0 Å². The van der Waals surface area contributed by atoms with E-state index in [0.29, 0.717) is 13.0 Å². The van der Waals surface area contributed by atoms with Gasteiger partial charge in [0.25, 0.3) is 0 Å². The fourth-order valence-electron chi connectivity index (χ4n) is 1.22. The summed E-state index contributed by atoms with van der Waals surface area (Å²) in [5.74, 6) is 0.844. The number of aromatic nitrogens is 2. The van der Waals surface area contributed by atoms with Crippen molar-refractivity contribution in [3.05, 3.63) is 18.2 Å². The molecule has 0 saturated carbocycles. The van der Waals surface area contributed by atoms with Gasteiger partial charge >= 0.3 is 0 Å². The first kappa shape index (κ1) is 11.7. The van der Waals surface area contributed by atoms with Crippen LogP contribution in [0, 0.1) is 0 Å². The molecule has 3 N–H and O–H groups in total.